The first-order valence-corrected chi connectivity index (χ1v) is 6.69. The van der Waals surface area contributed by atoms with Crippen molar-refractivity contribution in [2.24, 2.45) is 5.73 Å². The van der Waals surface area contributed by atoms with Gasteiger partial charge in [0, 0.05) is 31.4 Å². The van der Waals surface area contributed by atoms with Crippen LogP contribution in [-0.2, 0) is 0 Å². The summed E-state index contributed by atoms with van der Waals surface area (Å²) in [6.45, 7) is 8.26. The lowest BCUT2D eigenvalue weighted by Gasteiger charge is -2.30. The van der Waals surface area contributed by atoms with E-state index in [4.69, 9.17) is 10.5 Å². The minimum atomic E-state index is 0.422. The summed E-state index contributed by atoms with van der Waals surface area (Å²) in [5.41, 5.74) is 5.68. The van der Waals surface area contributed by atoms with Crippen LogP contribution in [0.2, 0.25) is 0 Å². The number of anilines is 1. The first kappa shape index (κ1) is 14.7. The van der Waals surface area contributed by atoms with Crippen LogP contribution in [0.15, 0.2) is 12.3 Å². The highest BCUT2D eigenvalue weighted by Gasteiger charge is 2.17. The fourth-order valence-electron chi connectivity index (χ4n) is 2.01. The van der Waals surface area contributed by atoms with Crippen molar-refractivity contribution < 1.29 is 4.74 Å². The predicted octanol–water partition coefficient (Wildman–Crippen LogP) is 1.83. The van der Waals surface area contributed by atoms with E-state index in [1.54, 1.807) is 12.3 Å². The molecular weight excluding hydrogens is 228 g/mol. The van der Waals surface area contributed by atoms with E-state index in [0.29, 0.717) is 31.0 Å². The maximum atomic E-state index is 5.68. The average Bonchev–Trinajstić information content (AvgIpc) is 2.40. The predicted molar refractivity (Wildman–Crippen MR) is 74.0 cm³/mol. The van der Waals surface area contributed by atoms with Crippen molar-refractivity contribution in [1.29, 1.82) is 0 Å². The maximum Gasteiger partial charge on any atom is 0.228 e. The molecule has 5 nitrogen and oxygen atoms in total. The zero-order valence-corrected chi connectivity index (χ0v) is 11.6. The Labute approximate surface area is 109 Å². The largest absolute Gasteiger partial charge is 0.478 e. The minimum absolute atomic E-state index is 0.422. The SMILES string of the molecule is CCOc1ccnc(N(CCN)C(CC)CC)n1. The highest BCUT2D eigenvalue weighted by atomic mass is 16.5. The van der Waals surface area contributed by atoms with Crippen LogP contribution in [0.3, 0.4) is 0 Å². The van der Waals surface area contributed by atoms with E-state index >= 15 is 0 Å². The smallest absolute Gasteiger partial charge is 0.228 e. The molecule has 0 saturated heterocycles. The summed E-state index contributed by atoms with van der Waals surface area (Å²) in [5.74, 6) is 1.33. The number of rotatable bonds is 8. The van der Waals surface area contributed by atoms with E-state index in [2.05, 4.69) is 28.7 Å². The van der Waals surface area contributed by atoms with Gasteiger partial charge in [0.2, 0.25) is 11.8 Å². The van der Waals surface area contributed by atoms with Gasteiger partial charge in [-0.05, 0) is 19.8 Å². The Hall–Kier alpha value is -1.36. The lowest BCUT2D eigenvalue weighted by atomic mass is 10.1. The summed E-state index contributed by atoms with van der Waals surface area (Å²) in [6, 6.07) is 2.20. The Morgan fingerprint density at radius 2 is 2.06 bits per heavy atom. The van der Waals surface area contributed by atoms with Crippen molar-refractivity contribution in [3.63, 3.8) is 0 Å². The van der Waals surface area contributed by atoms with Crippen LogP contribution in [0.5, 0.6) is 5.88 Å². The molecule has 0 fully saturated rings. The summed E-state index contributed by atoms with van der Waals surface area (Å²) in [7, 11) is 0. The van der Waals surface area contributed by atoms with E-state index < -0.39 is 0 Å². The molecule has 0 bridgehead atoms. The van der Waals surface area contributed by atoms with Gasteiger partial charge >= 0.3 is 0 Å². The number of nitrogens with two attached hydrogens (primary N) is 1. The van der Waals surface area contributed by atoms with E-state index in [1.807, 2.05) is 6.92 Å². The molecule has 18 heavy (non-hydrogen) atoms. The molecule has 0 spiro atoms. The zero-order valence-electron chi connectivity index (χ0n) is 11.6. The van der Waals surface area contributed by atoms with Crippen LogP contribution in [0.25, 0.3) is 0 Å². The number of hydrogen-bond acceptors (Lipinski definition) is 5. The lowest BCUT2D eigenvalue weighted by molar-refractivity contribution is 0.326. The van der Waals surface area contributed by atoms with Crippen molar-refractivity contribution in [2.75, 3.05) is 24.6 Å². The van der Waals surface area contributed by atoms with Gasteiger partial charge in [0.1, 0.15) is 0 Å². The van der Waals surface area contributed by atoms with Gasteiger partial charge in [-0.1, -0.05) is 13.8 Å². The highest BCUT2D eigenvalue weighted by Crippen LogP contribution is 2.18. The first-order valence-electron chi connectivity index (χ1n) is 6.69. The molecule has 5 heteroatoms. The van der Waals surface area contributed by atoms with Crippen molar-refractivity contribution in [3.05, 3.63) is 12.3 Å². The summed E-state index contributed by atoms with van der Waals surface area (Å²) in [4.78, 5) is 10.9. The molecule has 1 rings (SSSR count). The Morgan fingerprint density at radius 3 is 2.61 bits per heavy atom. The fourth-order valence-corrected chi connectivity index (χ4v) is 2.01. The third kappa shape index (κ3) is 3.84. The summed E-state index contributed by atoms with van der Waals surface area (Å²) < 4.78 is 5.41. The molecule has 0 radical (unpaired) electrons. The van der Waals surface area contributed by atoms with Crippen LogP contribution in [0, 0.1) is 0 Å². The number of nitrogens with zero attached hydrogens (tertiary/aromatic N) is 3. The van der Waals surface area contributed by atoms with Crippen LogP contribution in [0.4, 0.5) is 5.95 Å². The standard InChI is InChI=1S/C13H24N4O/c1-4-11(5-2)17(10-8-14)13-15-9-7-12(16-13)18-6-3/h7,9,11H,4-6,8,10,14H2,1-3H3. The number of aromatic nitrogens is 2. The second-order valence-electron chi connectivity index (χ2n) is 4.08. The molecular formula is C13H24N4O. The molecule has 0 aliphatic rings. The topological polar surface area (TPSA) is 64.3 Å². The van der Waals surface area contributed by atoms with Gasteiger partial charge in [0.05, 0.1) is 6.61 Å². The molecule has 2 N–H and O–H groups in total. The third-order valence-corrected chi connectivity index (χ3v) is 2.92. The Morgan fingerprint density at radius 1 is 1.33 bits per heavy atom. The van der Waals surface area contributed by atoms with E-state index in [1.165, 1.54) is 0 Å². The van der Waals surface area contributed by atoms with Gasteiger partial charge in [-0.15, -0.1) is 0 Å². The number of hydrogen-bond donors (Lipinski definition) is 1. The molecule has 0 amide bonds. The van der Waals surface area contributed by atoms with Crippen LogP contribution >= 0.6 is 0 Å². The van der Waals surface area contributed by atoms with Gasteiger partial charge in [-0.25, -0.2) is 4.98 Å². The van der Waals surface area contributed by atoms with Gasteiger partial charge in [0.15, 0.2) is 0 Å². The zero-order chi connectivity index (χ0) is 13.4. The Bertz CT molecular complexity index is 342. The molecule has 0 unspecified atom stereocenters. The molecule has 0 aliphatic heterocycles. The monoisotopic (exact) mass is 252 g/mol. The van der Waals surface area contributed by atoms with E-state index in [-0.39, 0.29) is 0 Å². The van der Waals surface area contributed by atoms with E-state index in [9.17, 15) is 0 Å². The summed E-state index contributed by atoms with van der Waals surface area (Å²) in [6.07, 6.45) is 3.84. The quantitative estimate of drug-likeness (QED) is 0.764. The van der Waals surface area contributed by atoms with Crippen LogP contribution in [-0.4, -0.2) is 35.7 Å². The minimum Gasteiger partial charge on any atom is -0.478 e. The highest BCUT2D eigenvalue weighted by molar-refractivity contribution is 5.33. The van der Waals surface area contributed by atoms with Crippen molar-refractivity contribution in [3.8, 4) is 5.88 Å². The Kier molecular flexibility index (Phi) is 6.43. The first-order chi connectivity index (χ1) is 8.76. The van der Waals surface area contributed by atoms with Crippen molar-refractivity contribution >= 4 is 5.95 Å². The third-order valence-electron chi connectivity index (χ3n) is 2.92. The Balaban J connectivity index is 2.93. The number of ether oxygens (including phenoxy) is 1. The fraction of sp³-hybridized carbons (Fsp3) is 0.692. The maximum absolute atomic E-state index is 5.68. The molecule has 0 saturated carbocycles. The molecule has 1 aromatic rings. The second-order valence-corrected chi connectivity index (χ2v) is 4.08. The van der Waals surface area contributed by atoms with E-state index in [0.717, 1.165) is 19.4 Å². The van der Waals surface area contributed by atoms with Gasteiger partial charge in [-0.3, -0.25) is 0 Å². The summed E-state index contributed by atoms with van der Waals surface area (Å²) >= 11 is 0. The lowest BCUT2D eigenvalue weighted by Crippen LogP contribution is -2.39. The van der Waals surface area contributed by atoms with Gasteiger partial charge < -0.3 is 15.4 Å². The molecule has 0 aliphatic carbocycles. The second kappa shape index (κ2) is 7.87. The normalized spacial score (nSPS) is 10.7. The molecule has 0 atom stereocenters. The molecule has 0 aromatic carbocycles. The van der Waals surface area contributed by atoms with Crippen LogP contribution < -0.4 is 15.4 Å². The van der Waals surface area contributed by atoms with Gasteiger partial charge in [0.25, 0.3) is 0 Å². The average molecular weight is 252 g/mol. The van der Waals surface area contributed by atoms with Gasteiger partial charge in [-0.2, -0.15) is 4.98 Å². The molecule has 1 aromatic heterocycles. The molecule has 102 valence electrons. The summed E-state index contributed by atoms with van der Waals surface area (Å²) in [5, 5.41) is 0. The van der Waals surface area contributed by atoms with Crippen molar-refractivity contribution in [1.82, 2.24) is 9.97 Å². The van der Waals surface area contributed by atoms with Crippen LogP contribution in [0.1, 0.15) is 33.6 Å². The van der Waals surface area contributed by atoms with Crippen molar-refractivity contribution in [2.45, 2.75) is 39.7 Å². The molecule has 1 heterocycles.